The van der Waals surface area contributed by atoms with Crippen molar-refractivity contribution >= 4 is 33.4 Å². The van der Waals surface area contributed by atoms with E-state index >= 15 is 0 Å². The van der Waals surface area contributed by atoms with Crippen molar-refractivity contribution in [3.05, 3.63) is 0 Å². The highest BCUT2D eigenvalue weighted by Crippen LogP contribution is 2.48. The lowest BCUT2D eigenvalue weighted by molar-refractivity contribution is -0.158. The summed E-state index contributed by atoms with van der Waals surface area (Å²) in [6.07, 6.45) is 1.71. The molecule has 6 heteroatoms. The van der Waals surface area contributed by atoms with Crippen LogP contribution in [0.3, 0.4) is 0 Å². The number of amides is 2. The average molecular weight is 274 g/mol. The topological polar surface area (TPSA) is 40.6 Å². The largest absolute Gasteiger partial charge is 0.331 e. The quantitative estimate of drug-likeness (QED) is 0.733. The standard InChI is InChI=1S/C11H18N2O2S2/c1-4-16-17-11-6-5-7-13(11)9(14)8(2)12(3)10(11)15/h8H,4-7H2,1-3H3/t8-,11-/m0/s1. The van der Waals surface area contributed by atoms with E-state index in [4.69, 9.17) is 0 Å². The van der Waals surface area contributed by atoms with E-state index in [1.165, 1.54) is 0 Å². The lowest BCUT2D eigenvalue weighted by Gasteiger charge is -2.46. The van der Waals surface area contributed by atoms with Gasteiger partial charge in [-0.3, -0.25) is 9.59 Å². The first-order valence-corrected chi connectivity index (χ1v) is 8.26. The minimum absolute atomic E-state index is 0.0908. The third-order valence-electron chi connectivity index (χ3n) is 3.51. The lowest BCUT2D eigenvalue weighted by Crippen LogP contribution is -2.66. The molecule has 2 heterocycles. The molecule has 4 nitrogen and oxygen atoms in total. The Balaban J connectivity index is 2.32. The summed E-state index contributed by atoms with van der Waals surface area (Å²) < 4.78 is 0. The molecular weight excluding hydrogens is 256 g/mol. The van der Waals surface area contributed by atoms with Crippen LogP contribution in [0.25, 0.3) is 0 Å². The first-order chi connectivity index (χ1) is 8.04. The normalized spacial score (nSPS) is 33.2. The molecule has 2 saturated heterocycles. The molecular formula is C11H18N2O2S2. The molecule has 2 rings (SSSR count). The van der Waals surface area contributed by atoms with E-state index in [1.54, 1.807) is 45.4 Å². The number of piperazine rings is 1. The van der Waals surface area contributed by atoms with Gasteiger partial charge in [-0.05, 0) is 19.8 Å². The Hall–Kier alpha value is -0.360. The molecule has 0 aliphatic carbocycles. The molecule has 17 heavy (non-hydrogen) atoms. The van der Waals surface area contributed by atoms with Gasteiger partial charge < -0.3 is 9.80 Å². The molecule has 0 aromatic rings. The number of fused-ring (bicyclic) bond motifs is 1. The van der Waals surface area contributed by atoms with E-state index in [-0.39, 0.29) is 17.9 Å². The van der Waals surface area contributed by atoms with Crippen molar-refractivity contribution in [1.29, 1.82) is 0 Å². The van der Waals surface area contributed by atoms with Gasteiger partial charge in [-0.2, -0.15) is 0 Å². The van der Waals surface area contributed by atoms with Gasteiger partial charge in [-0.15, -0.1) is 0 Å². The number of rotatable bonds is 3. The SMILES string of the molecule is CCSS[C@]12CCCN1C(=O)[C@H](C)N(C)C2=O. The number of hydrogen-bond acceptors (Lipinski definition) is 4. The van der Waals surface area contributed by atoms with Crippen LogP contribution in [0.15, 0.2) is 0 Å². The average Bonchev–Trinajstić information content (AvgIpc) is 2.76. The van der Waals surface area contributed by atoms with E-state index < -0.39 is 4.87 Å². The second kappa shape index (κ2) is 4.72. The fourth-order valence-electron chi connectivity index (χ4n) is 2.42. The zero-order chi connectivity index (χ0) is 12.6. The van der Waals surface area contributed by atoms with Gasteiger partial charge in [0.1, 0.15) is 6.04 Å². The molecule has 0 saturated carbocycles. The third kappa shape index (κ3) is 1.85. The Kier molecular flexibility index (Phi) is 3.63. The number of carbonyl (C=O) groups excluding carboxylic acids is 2. The number of nitrogens with zero attached hydrogens (tertiary/aromatic N) is 2. The van der Waals surface area contributed by atoms with Crippen LogP contribution in [0.1, 0.15) is 26.7 Å². The second-order valence-corrected chi connectivity index (χ2v) is 7.32. The predicted molar refractivity (Wildman–Crippen MR) is 71.6 cm³/mol. The fraction of sp³-hybridized carbons (Fsp3) is 0.818. The molecule has 2 aliphatic heterocycles. The zero-order valence-corrected chi connectivity index (χ0v) is 12.1. The summed E-state index contributed by atoms with van der Waals surface area (Å²) in [5.41, 5.74) is 0. The van der Waals surface area contributed by atoms with Crippen molar-refractivity contribution in [3.63, 3.8) is 0 Å². The molecule has 2 atom stereocenters. The Morgan fingerprint density at radius 3 is 2.82 bits per heavy atom. The summed E-state index contributed by atoms with van der Waals surface area (Å²) in [5, 5.41) is 0. The zero-order valence-electron chi connectivity index (χ0n) is 10.4. The maximum Gasteiger partial charge on any atom is 0.260 e. The molecule has 0 bridgehead atoms. The van der Waals surface area contributed by atoms with Gasteiger partial charge in [0.05, 0.1) is 0 Å². The van der Waals surface area contributed by atoms with Crippen LogP contribution >= 0.6 is 21.6 Å². The summed E-state index contributed by atoms with van der Waals surface area (Å²) in [4.78, 5) is 27.5. The Labute approximate surface area is 110 Å². The highest BCUT2D eigenvalue weighted by molar-refractivity contribution is 8.77. The fourth-order valence-corrected chi connectivity index (χ4v) is 5.12. The summed E-state index contributed by atoms with van der Waals surface area (Å²) in [7, 11) is 4.97. The van der Waals surface area contributed by atoms with Crippen LogP contribution in [0.4, 0.5) is 0 Å². The van der Waals surface area contributed by atoms with E-state index in [0.29, 0.717) is 0 Å². The highest BCUT2D eigenvalue weighted by atomic mass is 33.1. The van der Waals surface area contributed by atoms with Gasteiger partial charge in [-0.1, -0.05) is 28.5 Å². The van der Waals surface area contributed by atoms with Crippen LogP contribution in [0.2, 0.25) is 0 Å². The van der Waals surface area contributed by atoms with Crippen LogP contribution in [-0.2, 0) is 9.59 Å². The third-order valence-corrected chi connectivity index (χ3v) is 6.62. The Morgan fingerprint density at radius 2 is 2.18 bits per heavy atom. The highest BCUT2D eigenvalue weighted by Gasteiger charge is 2.57. The molecule has 0 aromatic carbocycles. The first-order valence-electron chi connectivity index (χ1n) is 5.94. The van der Waals surface area contributed by atoms with E-state index in [2.05, 4.69) is 6.92 Å². The van der Waals surface area contributed by atoms with Gasteiger partial charge in [0.25, 0.3) is 5.91 Å². The van der Waals surface area contributed by atoms with Crippen molar-refractivity contribution in [3.8, 4) is 0 Å². The molecule has 0 aromatic heterocycles. The predicted octanol–water partition coefficient (Wildman–Crippen LogP) is 1.57. The lowest BCUT2D eigenvalue weighted by atomic mass is 10.1. The molecule has 0 unspecified atom stereocenters. The van der Waals surface area contributed by atoms with Crippen molar-refractivity contribution in [2.45, 2.75) is 37.6 Å². The summed E-state index contributed by atoms with van der Waals surface area (Å²) >= 11 is 0. The smallest absolute Gasteiger partial charge is 0.260 e. The first kappa shape index (κ1) is 13.1. The van der Waals surface area contributed by atoms with Crippen molar-refractivity contribution in [1.82, 2.24) is 9.80 Å². The minimum Gasteiger partial charge on any atom is -0.331 e. The molecule has 2 aliphatic rings. The molecule has 2 amide bonds. The maximum atomic E-state index is 12.5. The van der Waals surface area contributed by atoms with Crippen molar-refractivity contribution in [2.24, 2.45) is 0 Å². The van der Waals surface area contributed by atoms with Crippen LogP contribution in [0, 0.1) is 0 Å². The van der Waals surface area contributed by atoms with Gasteiger partial charge in [0.2, 0.25) is 5.91 Å². The summed E-state index contributed by atoms with van der Waals surface area (Å²) in [6.45, 7) is 4.59. The van der Waals surface area contributed by atoms with Crippen LogP contribution in [-0.4, -0.2) is 51.9 Å². The monoisotopic (exact) mass is 274 g/mol. The maximum absolute atomic E-state index is 12.5. The van der Waals surface area contributed by atoms with Gasteiger partial charge >= 0.3 is 0 Å². The van der Waals surface area contributed by atoms with Gasteiger partial charge in [0, 0.05) is 19.3 Å². The van der Waals surface area contributed by atoms with Crippen LogP contribution in [0.5, 0.6) is 0 Å². The number of carbonyl (C=O) groups is 2. The van der Waals surface area contributed by atoms with E-state index in [9.17, 15) is 9.59 Å². The molecule has 0 spiro atoms. The summed E-state index contributed by atoms with van der Waals surface area (Å²) in [6, 6.07) is -0.319. The number of hydrogen-bond donors (Lipinski definition) is 0. The van der Waals surface area contributed by atoms with E-state index in [1.807, 2.05) is 0 Å². The van der Waals surface area contributed by atoms with Crippen molar-refractivity contribution in [2.75, 3.05) is 19.3 Å². The molecule has 0 N–H and O–H groups in total. The Bertz CT molecular complexity index is 350. The molecule has 96 valence electrons. The van der Waals surface area contributed by atoms with Crippen LogP contribution < -0.4 is 0 Å². The second-order valence-electron chi connectivity index (χ2n) is 4.46. The molecule has 0 radical (unpaired) electrons. The van der Waals surface area contributed by atoms with Gasteiger partial charge in [0.15, 0.2) is 4.87 Å². The number of likely N-dealkylation sites (N-methyl/N-ethyl adjacent to an activating group) is 1. The van der Waals surface area contributed by atoms with E-state index in [0.717, 1.165) is 25.1 Å². The van der Waals surface area contributed by atoms with Crippen molar-refractivity contribution < 1.29 is 9.59 Å². The molecule has 2 fully saturated rings. The van der Waals surface area contributed by atoms with Gasteiger partial charge in [-0.25, -0.2) is 0 Å². The Morgan fingerprint density at radius 1 is 1.47 bits per heavy atom. The summed E-state index contributed by atoms with van der Waals surface area (Å²) in [5.74, 6) is 1.13. The minimum atomic E-state index is -0.626.